The van der Waals surface area contributed by atoms with Crippen molar-refractivity contribution in [2.45, 2.75) is 63.0 Å². The zero-order chi connectivity index (χ0) is 22.0. The molecule has 162 valence electrons. The average molecular weight is 420 g/mol. The highest BCUT2D eigenvalue weighted by Gasteiger charge is 2.59. The monoisotopic (exact) mass is 420 g/mol. The number of methoxy groups -OCH3 is 1. The quantitative estimate of drug-likeness (QED) is 0.227. The van der Waals surface area contributed by atoms with Gasteiger partial charge in [0.15, 0.2) is 5.60 Å². The fraction of sp³-hybridized carbons (Fsp3) is 0.571. The van der Waals surface area contributed by atoms with E-state index in [9.17, 15) is 19.5 Å². The number of aliphatic hydroxyl groups excluding tert-OH is 1. The molecule has 3 heterocycles. The Morgan fingerprint density at radius 2 is 1.93 bits per heavy atom. The Kier molecular flexibility index (Phi) is 4.87. The minimum Gasteiger partial charge on any atom is -0.466 e. The highest BCUT2D eigenvalue weighted by Crippen LogP contribution is 2.42. The van der Waals surface area contributed by atoms with Gasteiger partial charge in [-0.2, -0.15) is 0 Å². The number of ether oxygens (including phenoxy) is 5. The maximum Gasteiger partial charge on any atom is 0.341 e. The van der Waals surface area contributed by atoms with Gasteiger partial charge in [0.1, 0.15) is 30.5 Å². The highest BCUT2D eigenvalue weighted by molar-refractivity contribution is 5.93. The average Bonchev–Trinajstić information content (AvgIpc) is 3.58. The molecule has 0 aromatic carbocycles. The lowest BCUT2D eigenvalue weighted by molar-refractivity contribution is -0.165. The van der Waals surface area contributed by atoms with Crippen LogP contribution < -0.4 is 0 Å². The number of carbonyl (C=O) groups excluding carboxylic acids is 3. The van der Waals surface area contributed by atoms with Crippen LogP contribution in [0.1, 0.15) is 20.8 Å². The van der Waals surface area contributed by atoms with Gasteiger partial charge in [-0.3, -0.25) is 0 Å². The molecular formula is C21H24O9. The van der Waals surface area contributed by atoms with Crippen LogP contribution in [0.3, 0.4) is 0 Å². The molecule has 0 unspecified atom stereocenters. The first-order valence-corrected chi connectivity index (χ1v) is 9.69. The molecule has 4 rings (SSSR count). The van der Waals surface area contributed by atoms with Gasteiger partial charge in [0.25, 0.3) is 0 Å². The molecule has 0 bridgehead atoms. The molecule has 0 aromatic rings. The van der Waals surface area contributed by atoms with Crippen LogP contribution in [-0.4, -0.2) is 72.3 Å². The van der Waals surface area contributed by atoms with Crippen LogP contribution in [0.2, 0.25) is 0 Å². The Morgan fingerprint density at radius 1 is 1.27 bits per heavy atom. The van der Waals surface area contributed by atoms with E-state index in [2.05, 4.69) is 6.58 Å². The summed E-state index contributed by atoms with van der Waals surface area (Å²) in [6, 6.07) is 0. The van der Waals surface area contributed by atoms with E-state index in [-0.39, 0.29) is 23.4 Å². The van der Waals surface area contributed by atoms with Crippen LogP contribution in [0.4, 0.5) is 0 Å². The van der Waals surface area contributed by atoms with E-state index in [0.717, 1.165) is 5.57 Å². The third-order valence-electron chi connectivity index (χ3n) is 6.20. The lowest BCUT2D eigenvalue weighted by Gasteiger charge is -2.31. The number of hydrogen-bond acceptors (Lipinski definition) is 9. The molecule has 0 amide bonds. The first-order valence-electron chi connectivity index (χ1n) is 9.69. The normalized spacial score (nSPS) is 45.6. The van der Waals surface area contributed by atoms with Crippen LogP contribution >= 0.6 is 0 Å². The number of fused-ring (bicyclic) bond motifs is 2. The molecule has 1 N–H and O–H groups in total. The highest BCUT2D eigenvalue weighted by atomic mass is 16.7. The summed E-state index contributed by atoms with van der Waals surface area (Å²) >= 11 is 0. The van der Waals surface area contributed by atoms with Crippen molar-refractivity contribution in [1.82, 2.24) is 0 Å². The van der Waals surface area contributed by atoms with Gasteiger partial charge >= 0.3 is 17.9 Å². The van der Waals surface area contributed by atoms with Crippen LogP contribution in [0.25, 0.3) is 0 Å². The molecule has 3 saturated heterocycles. The SMILES string of the molecule is C=C1C(=O)O[C@@H]2/C=C(/C)[C@@H]3O[C@@H]3/C=C(\C(=O)OC)[C@H](O)[C@@H](OC(=O)[C@@]3(C)O[C@H]3C)[C@@H]12. The summed E-state index contributed by atoms with van der Waals surface area (Å²) in [6.45, 7) is 8.86. The van der Waals surface area contributed by atoms with Crippen molar-refractivity contribution in [2.24, 2.45) is 5.92 Å². The number of aliphatic hydroxyl groups is 1. The molecule has 0 saturated carbocycles. The molecule has 30 heavy (non-hydrogen) atoms. The lowest BCUT2D eigenvalue weighted by Crippen LogP contribution is -2.46. The third kappa shape index (κ3) is 3.27. The van der Waals surface area contributed by atoms with E-state index in [1.54, 1.807) is 19.9 Å². The molecule has 3 fully saturated rings. The summed E-state index contributed by atoms with van der Waals surface area (Å²) in [4.78, 5) is 37.5. The summed E-state index contributed by atoms with van der Waals surface area (Å²) in [5, 5.41) is 11.1. The minimum atomic E-state index is -1.60. The predicted octanol–water partition coefficient (Wildman–Crippen LogP) is 0.361. The smallest absolute Gasteiger partial charge is 0.341 e. The molecule has 9 heteroatoms. The summed E-state index contributed by atoms with van der Waals surface area (Å²) < 4.78 is 26.8. The fourth-order valence-electron chi connectivity index (χ4n) is 3.98. The predicted molar refractivity (Wildman–Crippen MR) is 99.9 cm³/mol. The van der Waals surface area contributed by atoms with E-state index < -0.39 is 53.8 Å². The molecule has 1 aliphatic carbocycles. The molecular weight excluding hydrogens is 396 g/mol. The summed E-state index contributed by atoms with van der Waals surface area (Å²) in [5.41, 5.74) is -0.473. The van der Waals surface area contributed by atoms with Crippen molar-refractivity contribution in [3.63, 3.8) is 0 Å². The van der Waals surface area contributed by atoms with Crippen molar-refractivity contribution in [2.75, 3.05) is 7.11 Å². The summed E-state index contributed by atoms with van der Waals surface area (Å²) in [6.07, 6.45) is -1.75. The molecule has 3 aliphatic heterocycles. The maximum absolute atomic E-state index is 12.8. The first kappa shape index (κ1) is 20.8. The van der Waals surface area contributed by atoms with E-state index in [1.165, 1.54) is 13.2 Å². The fourth-order valence-corrected chi connectivity index (χ4v) is 3.98. The van der Waals surface area contributed by atoms with Crippen LogP contribution in [0.15, 0.2) is 35.5 Å². The number of epoxide rings is 2. The van der Waals surface area contributed by atoms with E-state index in [1.807, 2.05) is 6.92 Å². The van der Waals surface area contributed by atoms with Gasteiger partial charge in [0, 0.05) is 5.57 Å². The topological polar surface area (TPSA) is 124 Å². The molecule has 9 nitrogen and oxygen atoms in total. The van der Waals surface area contributed by atoms with Crippen LogP contribution in [0.5, 0.6) is 0 Å². The molecule has 0 spiro atoms. The largest absolute Gasteiger partial charge is 0.466 e. The van der Waals surface area contributed by atoms with Gasteiger partial charge in [0.05, 0.1) is 24.7 Å². The van der Waals surface area contributed by atoms with E-state index in [4.69, 9.17) is 23.7 Å². The Balaban J connectivity index is 1.77. The van der Waals surface area contributed by atoms with Crippen molar-refractivity contribution in [3.8, 4) is 0 Å². The first-order chi connectivity index (χ1) is 14.1. The second-order valence-corrected chi connectivity index (χ2v) is 8.15. The Labute approximate surface area is 173 Å². The Bertz CT molecular complexity index is 887. The van der Waals surface area contributed by atoms with Crippen molar-refractivity contribution >= 4 is 17.9 Å². The molecule has 0 radical (unpaired) electrons. The van der Waals surface area contributed by atoms with Crippen molar-refractivity contribution in [3.05, 3.63) is 35.5 Å². The van der Waals surface area contributed by atoms with Crippen molar-refractivity contribution in [1.29, 1.82) is 0 Å². The maximum atomic E-state index is 12.8. The summed E-state index contributed by atoms with van der Waals surface area (Å²) in [5.74, 6) is -3.09. The minimum absolute atomic E-state index is 0.0360. The van der Waals surface area contributed by atoms with Gasteiger partial charge in [-0.05, 0) is 38.5 Å². The van der Waals surface area contributed by atoms with Crippen LogP contribution in [0, 0.1) is 5.92 Å². The Morgan fingerprint density at radius 3 is 2.53 bits per heavy atom. The second kappa shape index (κ2) is 7.04. The van der Waals surface area contributed by atoms with Crippen LogP contribution in [-0.2, 0) is 38.1 Å². The number of esters is 3. The van der Waals surface area contributed by atoms with E-state index in [0.29, 0.717) is 0 Å². The third-order valence-corrected chi connectivity index (χ3v) is 6.20. The number of rotatable bonds is 3. The van der Waals surface area contributed by atoms with E-state index >= 15 is 0 Å². The zero-order valence-electron chi connectivity index (χ0n) is 17.1. The number of carbonyl (C=O) groups is 3. The standard InChI is InChI=1S/C21H24O9/c1-8-6-12-14(9(2)18(23)28-12)17(29-20(25)21(4)10(3)30-21)15(22)11(19(24)26-5)7-13-16(8)27-13/h6-7,10,12-17,22H,2H2,1,3-5H3/b8-6-,11-7-/t10-,12+,13+,14-,15-,16-,17-,21-/m0/s1. The zero-order valence-corrected chi connectivity index (χ0v) is 17.1. The molecule has 0 aromatic heterocycles. The second-order valence-electron chi connectivity index (χ2n) is 8.15. The van der Waals surface area contributed by atoms with Crippen molar-refractivity contribution < 1.29 is 43.2 Å². The lowest BCUT2D eigenvalue weighted by atomic mass is 9.83. The van der Waals surface area contributed by atoms with Gasteiger partial charge in [-0.15, -0.1) is 0 Å². The van der Waals surface area contributed by atoms with Gasteiger partial charge < -0.3 is 28.8 Å². The Hall–Kier alpha value is -2.49. The number of hydrogen-bond donors (Lipinski definition) is 1. The summed E-state index contributed by atoms with van der Waals surface area (Å²) in [7, 11) is 1.18. The van der Waals surface area contributed by atoms with Gasteiger partial charge in [-0.25, -0.2) is 14.4 Å². The molecule has 8 atom stereocenters. The van der Waals surface area contributed by atoms with Gasteiger partial charge in [0.2, 0.25) is 0 Å². The van der Waals surface area contributed by atoms with Gasteiger partial charge in [-0.1, -0.05) is 6.58 Å². The molecule has 4 aliphatic rings.